The van der Waals surface area contributed by atoms with Crippen LogP contribution in [-0.2, 0) is 0 Å². The van der Waals surface area contributed by atoms with Crippen LogP contribution in [0.1, 0.15) is 17.2 Å². The van der Waals surface area contributed by atoms with E-state index in [1.165, 1.54) is 19.2 Å². The number of ether oxygens (including phenoxy) is 1. The fourth-order valence-corrected chi connectivity index (χ4v) is 2.81. The van der Waals surface area contributed by atoms with Gasteiger partial charge in [0.1, 0.15) is 17.7 Å². The highest BCUT2D eigenvalue weighted by atomic mass is 79.9. The Morgan fingerprint density at radius 3 is 2.55 bits per heavy atom. The molecule has 0 radical (unpaired) electrons. The van der Waals surface area contributed by atoms with Gasteiger partial charge in [0.25, 0.3) is 0 Å². The van der Waals surface area contributed by atoms with E-state index >= 15 is 0 Å². The smallest absolute Gasteiger partial charge is 0.141 e. The lowest BCUT2D eigenvalue weighted by Gasteiger charge is -2.17. The van der Waals surface area contributed by atoms with Crippen molar-refractivity contribution in [1.82, 2.24) is 0 Å². The van der Waals surface area contributed by atoms with Gasteiger partial charge in [0.15, 0.2) is 0 Å². The molecule has 0 saturated carbocycles. The lowest BCUT2D eigenvalue weighted by atomic mass is 10.0. The third-order valence-corrected chi connectivity index (χ3v) is 4.76. The van der Waals surface area contributed by atoms with Crippen molar-refractivity contribution in [3.63, 3.8) is 0 Å². The maximum Gasteiger partial charge on any atom is 0.141 e. The van der Waals surface area contributed by atoms with Crippen LogP contribution in [0.2, 0.25) is 5.02 Å². The summed E-state index contributed by atoms with van der Waals surface area (Å²) in [5.74, 6) is -0.201. The van der Waals surface area contributed by atoms with Crippen molar-refractivity contribution in [2.75, 3.05) is 7.11 Å². The van der Waals surface area contributed by atoms with Crippen LogP contribution in [0.15, 0.2) is 39.3 Å². The molecule has 2 aromatic rings. The van der Waals surface area contributed by atoms with Crippen LogP contribution in [0.3, 0.4) is 0 Å². The molecule has 0 spiro atoms. The largest absolute Gasteiger partial charge is 0.496 e. The summed E-state index contributed by atoms with van der Waals surface area (Å²) in [5.41, 5.74) is 0.943. The zero-order valence-corrected chi connectivity index (χ0v) is 14.3. The van der Waals surface area contributed by atoms with Gasteiger partial charge in [-0.1, -0.05) is 23.7 Å². The molecule has 0 saturated heterocycles. The monoisotopic (exact) mass is 422 g/mol. The second kappa shape index (κ2) is 6.43. The number of aliphatic hydroxyl groups is 1. The summed E-state index contributed by atoms with van der Waals surface area (Å²) in [7, 11) is 1.42. The number of hydrogen-bond donors (Lipinski definition) is 1. The molecule has 0 fully saturated rings. The molecule has 2 nitrogen and oxygen atoms in total. The van der Waals surface area contributed by atoms with Gasteiger partial charge in [-0.3, -0.25) is 0 Å². The van der Waals surface area contributed by atoms with Gasteiger partial charge in [-0.25, -0.2) is 4.39 Å². The summed E-state index contributed by atoms with van der Waals surface area (Å²) in [6, 6.07) is 7.94. The first-order chi connectivity index (χ1) is 9.45. The molecule has 0 heterocycles. The predicted molar refractivity (Wildman–Crippen MR) is 83.9 cm³/mol. The summed E-state index contributed by atoms with van der Waals surface area (Å²) in [4.78, 5) is 0. The molecule has 6 heteroatoms. The Labute approximate surface area is 137 Å². The van der Waals surface area contributed by atoms with Gasteiger partial charge in [-0.05, 0) is 44.0 Å². The molecule has 0 amide bonds. The number of methoxy groups -OCH3 is 1. The van der Waals surface area contributed by atoms with Gasteiger partial charge < -0.3 is 9.84 Å². The molecule has 1 unspecified atom stereocenters. The first kappa shape index (κ1) is 15.8. The number of rotatable bonds is 3. The highest BCUT2D eigenvalue weighted by Crippen LogP contribution is 2.38. The van der Waals surface area contributed by atoms with E-state index in [4.69, 9.17) is 16.3 Å². The summed E-state index contributed by atoms with van der Waals surface area (Å²) >= 11 is 12.6. The number of aliphatic hydroxyl groups excluding tert-OH is 1. The van der Waals surface area contributed by atoms with Crippen LogP contribution >= 0.6 is 43.5 Å². The minimum Gasteiger partial charge on any atom is -0.496 e. The fraction of sp³-hybridized carbons (Fsp3) is 0.143. The molecular formula is C14H10Br2ClFO2. The maximum absolute atomic E-state index is 13.5. The van der Waals surface area contributed by atoms with Crippen molar-refractivity contribution in [1.29, 1.82) is 0 Å². The minimum absolute atomic E-state index is 0.249. The van der Waals surface area contributed by atoms with Crippen LogP contribution in [0.25, 0.3) is 0 Å². The standard InChI is InChI=1S/C14H10Br2ClFO2/c1-20-12-6-11(18)10(16)5-8(12)14(19)7-3-2-4-9(15)13(7)17/h2-6,14,19H,1H3. The Kier molecular flexibility index (Phi) is 5.07. The Balaban J connectivity index is 2.55. The van der Waals surface area contributed by atoms with Crippen molar-refractivity contribution in [2.24, 2.45) is 0 Å². The lowest BCUT2D eigenvalue weighted by molar-refractivity contribution is 0.214. The predicted octanol–water partition coefficient (Wildman–Crippen LogP) is 5.09. The lowest BCUT2D eigenvalue weighted by Crippen LogP contribution is -2.04. The van der Waals surface area contributed by atoms with E-state index < -0.39 is 11.9 Å². The van der Waals surface area contributed by atoms with Crippen molar-refractivity contribution >= 4 is 43.5 Å². The molecule has 0 aliphatic heterocycles. The molecule has 1 atom stereocenters. The second-order valence-corrected chi connectivity index (χ2v) is 6.14. The average molecular weight is 424 g/mol. The molecule has 2 aromatic carbocycles. The molecule has 106 valence electrons. The van der Waals surface area contributed by atoms with E-state index in [0.717, 1.165) is 0 Å². The zero-order valence-electron chi connectivity index (χ0n) is 10.3. The van der Waals surface area contributed by atoms with Crippen LogP contribution < -0.4 is 4.74 Å². The summed E-state index contributed by atoms with van der Waals surface area (Å²) in [6.07, 6.45) is -1.02. The Morgan fingerprint density at radius 1 is 1.20 bits per heavy atom. The Hall–Kier alpha value is -0.620. The van der Waals surface area contributed by atoms with Crippen molar-refractivity contribution in [3.8, 4) is 5.75 Å². The first-order valence-corrected chi connectivity index (χ1v) is 7.57. The van der Waals surface area contributed by atoms with Crippen LogP contribution in [-0.4, -0.2) is 12.2 Å². The molecule has 0 aromatic heterocycles. The molecule has 0 aliphatic rings. The summed E-state index contributed by atoms with van der Waals surface area (Å²) in [6.45, 7) is 0. The van der Waals surface area contributed by atoms with Gasteiger partial charge in [-0.2, -0.15) is 0 Å². The van der Waals surface area contributed by atoms with E-state index in [1.807, 2.05) is 0 Å². The summed E-state index contributed by atoms with van der Waals surface area (Å²) < 4.78 is 19.6. The van der Waals surface area contributed by atoms with Gasteiger partial charge in [0, 0.05) is 21.7 Å². The van der Waals surface area contributed by atoms with E-state index in [0.29, 0.717) is 20.6 Å². The molecular weight excluding hydrogens is 414 g/mol. The van der Waals surface area contributed by atoms with E-state index in [1.54, 1.807) is 18.2 Å². The normalized spacial score (nSPS) is 12.3. The minimum atomic E-state index is -1.02. The average Bonchev–Trinajstić information content (AvgIpc) is 2.43. The van der Waals surface area contributed by atoms with E-state index in [-0.39, 0.29) is 10.2 Å². The quantitative estimate of drug-likeness (QED) is 0.743. The van der Waals surface area contributed by atoms with Gasteiger partial charge >= 0.3 is 0 Å². The Morgan fingerprint density at radius 2 is 1.90 bits per heavy atom. The SMILES string of the molecule is COc1cc(F)c(Br)cc1C(O)c1cccc(Br)c1Cl. The third-order valence-electron chi connectivity index (χ3n) is 2.84. The third kappa shape index (κ3) is 3.01. The van der Waals surface area contributed by atoms with E-state index in [9.17, 15) is 9.50 Å². The van der Waals surface area contributed by atoms with Crippen LogP contribution in [0, 0.1) is 5.82 Å². The first-order valence-electron chi connectivity index (χ1n) is 5.60. The highest BCUT2D eigenvalue weighted by molar-refractivity contribution is 9.10. The van der Waals surface area contributed by atoms with Gasteiger partial charge in [-0.15, -0.1) is 0 Å². The molecule has 20 heavy (non-hydrogen) atoms. The topological polar surface area (TPSA) is 29.5 Å². The second-order valence-electron chi connectivity index (χ2n) is 4.05. The van der Waals surface area contributed by atoms with Gasteiger partial charge in [0.2, 0.25) is 0 Å². The number of benzene rings is 2. The van der Waals surface area contributed by atoms with Crippen molar-refractivity contribution in [2.45, 2.75) is 6.10 Å². The van der Waals surface area contributed by atoms with Gasteiger partial charge in [0.05, 0.1) is 16.6 Å². The highest BCUT2D eigenvalue weighted by Gasteiger charge is 2.21. The van der Waals surface area contributed by atoms with Crippen molar-refractivity contribution in [3.05, 3.63) is 61.2 Å². The summed E-state index contributed by atoms with van der Waals surface area (Å²) in [5, 5.41) is 10.9. The molecule has 1 N–H and O–H groups in total. The maximum atomic E-state index is 13.5. The van der Waals surface area contributed by atoms with Crippen molar-refractivity contribution < 1.29 is 14.2 Å². The zero-order chi connectivity index (χ0) is 14.9. The van der Waals surface area contributed by atoms with Crippen LogP contribution in [0.4, 0.5) is 4.39 Å². The fourth-order valence-electron chi connectivity index (χ4n) is 1.83. The number of hydrogen-bond acceptors (Lipinski definition) is 2. The molecule has 0 bridgehead atoms. The molecule has 2 rings (SSSR count). The van der Waals surface area contributed by atoms with Crippen LogP contribution in [0.5, 0.6) is 5.75 Å². The van der Waals surface area contributed by atoms with E-state index in [2.05, 4.69) is 31.9 Å². The molecule has 0 aliphatic carbocycles. The number of halogens is 4. The Bertz CT molecular complexity index is 649.